The average molecular weight is 519 g/mol. The van der Waals surface area contributed by atoms with E-state index in [-0.39, 0.29) is 35.9 Å². The number of hydrogen-bond donors (Lipinski definition) is 1. The van der Waals surface area contributed by atoms with Gasteiger partial charge in [0.2, 0.25) is 15.7 Å². The highest BCUT2D eigenvalue weighted by Crippen LogP contribution is 2.32. The Morgan fingerprint density at radius 2 is 1.92 bits per heavy atom. The van der Waals surface area contributed by atoms with E-state index in [9.17, 15) is 17.6 Å². The summed E-state index contributed by atoms with van der Waals surface area (Å²) in [4.78, 5) is 19.2. The SMILES string of the molecule is CCc1cc2c(C(N)=O)c(Cc3ccc(F)cc3)oc2nc1N(CCCN1CCOCC1)S(C)(=O)=O. The highest BCUT2D eigenvalue weighted by Gasteiger charge is 2.26. The largest absolute Gasteiger partial charge is 0.441 e. The number of amides is 1. The van der Waals surface area contributed by atoms with Gasteiger partial charge in [-0.2, -0.15) is 4.98 Å². The molecule has 0 spiro atoms. The van der Waals surface area contributed by atoms with Crippen LogP contribution in [0.1, 0.15) is 40.6 Å². The zero-order valence-corrected chi connectivity index (χ0v) is 21.3. The fourth-order valence-electron chi connectivity index (χ4n) is 4.45. The predicted molar refractivity (Wildman–Crippen MR) is 135 cm³/mol. The maximum atomic E-state index is 13.3. The zero-order chi connectivity index (χ0) is 25.9. The van der Waals surface area contributed by atoms with E-state index < -0.39 is 15.9 Å². The molecule has 0 unspecified atom stereocenters. The normalized spacial score (nSPS) is 14.9. The summed E-state index contributed by atoms with van der Waals surface area (Å²) in [5.41, 5.74) is 7.42. The number of ether oxygens (including phenoxy) is 1. The van der Waals surface area contributed by atoms with Gasteiger partial charge in [-0.3, -0.25) is 14.0 Å². The van der Waals surface area contributed by atoms with E-state index in [0.717, 1.165) is 31.5 Å². The first kappa shape index (κ1) is 26.1. The molecule has 11 heteroatoms. The van der Waals surface area contributed by atoms with E-state index in [2.05, 4.69) is 9.88 Å². The molecule has 1 aliphatic rings. The van der Waals surface area contributed by atoms with Crippen molar-refractivity contribution in [3.05, 3.63) is 58.6 Å². The highest BCUT2D eigenvalue weighted by molar-refractivity contribution is 7.92. The molecule has 0 atom stereocenters. The van der Waals surface area contributed by atoms with Crippen molar-refractivity contribution in [2.45, 2.75) is 26.2 Å². The molecule has 0 aliphatic carbocycles. The van der Waals surface area contributed by atoms with Crippen molar-refractivity contribution in [1.29, 1.82) is 0 Å². The average Bonchev–Trinajstić information content (AvgIpc) is 3.19. The number of benzene rings is 1. The monoisotopic (exact) mass is 518 g/mol. The quantitative estimate of drug-likeness (QED) is 0.438. The second-order valence-electron chi connectivity index (χ2n) is 8.89. The van der Waals surface area contributed by atoms with E-state index >= 15 is 0 Å². The van der Waals surface area contributed by atoms with Gasteiger partial charge in [0.25, 0.3) is 5.91 Å². The molecular formula is C25H31FN4O5S. The van der Waals surface area contributed by atoms with Gasteiger partial charge in [0.05, 0.1) is 30.4 Å². The number of carbonyl (C=O) groups excluding carboxylic acids is 1. The van der Waals surface area contributed by atoms with E-state index in [4.69, 9.17) is 14.9 Å². The Balaban J connectivity index is 1.69. The number of hydrogen-bond acceptors (Lipinski definition) is 7. The van der Waals surface area contributed by atoms with Crippen molar-refractivity contribution in [2.24, 2.45) is 5.73 Å². The number of aryl methyl sites for hydroxylation is 1. The van der Waals surface area contributed by atoms with Crippen LogP contribution in [-0.2, 0) is 27.6 Å². The minimum Gasteiger partial charge on any atom is -0.441 e. The molecule has 2 aromatic heterocycles. The number of primary amides is 1. The predicted octanol–water partition coefficient (Wildman–Crippen LogP) is 2.71. The van der Waals surface area contributed by atoms with Gasteiger partial charge in [0, 0.05) is 32.6 Å². The number of fused-ring (bicyclic) bond motifs is 1. The molecule has 1 aromatic carbocycles. The summed E-state index contributed by atoms with van der Waals surface area (Å²) in [7, 11) is -3.64. The van der Waals surface area contributed by atoms with Gasteiger partial charge in [-0.05, 0) is 42.2 Å². The van der Waals surface area contributed by atoms with E-state index in [1.54, 1.807) is 18.2 Å². The van der Waals surface area contributed by atoms with Crippen LogP contribution in [0.2, 0.25) is 0 Å². The first-order valence-electron chi connectivity index (χ1n) is 11.9. The molecule has 1 amide bonds. The van der Waals surface area contributed by atoms with Crippen molar-refractivity contribution in [2.75, 3.05) is 50.0 Å². The number of sulfonamides is 1. The molecule has 1 saturated heterocycles. The summed E-state index contributed by atoms with van der Waals surface area (Å²) in [5, 5.41) is 0.432. The molecule has 0 radical (unpaired) electrons. The Labute approximate surface area is 210 Å². The van der Waals surface area contributed by atoms with Crippen molar-refractivity contribution in [3.8, 4) is 0 Å². The Morgan fingerprint density at radius 3 is 2.53 bits per heavy atom. The summed E-state index contributed by atoms with van der Waals surface area (Å²) >= 11 is 0. The number of pyridine rings is 1. The smallest absolute Gasteiger partial charge is 0.252 e. The summed E-state index contributed by atoms with van der Waals surface area (Å²) in [5.74, 6) is -0.457. The lowest BCUT2D eigenvalue weighted by Gasteiger charge is -2.28. The fourth-order valence-corrected chi connectivity index (χ4v) is 5.39. The Hall–Kier alpha value is -3.02. The summed E-state index contributed by atoms with van der Waals surface area (Å²) in [6.07, 6.45) is 2.48. The van der Waals surface area contributed by atoms with E-state index in [0.29, 0.717) is 42.8 Å². The lowest BCUT2D eigenvalue weighted by atomic mass is 10.0. The summed E-state index contributed by atoms with van der Waals surface area (Å²) in [6, 6.07) is 7.59. The maximum absolute atomic E-state index is 13.3. The second-order valence-corrected chi connectivity index (χ2v) is 10.8. The standard InChI is InChI=1S/C25H31FN4O5S/c1-3-18-16-20-22(23(27)31)21(15-17-5-7-19(26)8-6-17)35-25(20)28-24(18)30(36(2,32)33)10-4-9-29-11-13-34-14-12-29/h5-8,16H,3-4,9-15H2,1-2H3,(H2,27,31). The molecule has 3 heterocycles. The maximum Gasteiger partial charge on any atom is 0.252 e. The molecule has 0 saturated carbocycles. The second kappa shape index (κ2) is 10.9. The first-order chi connectivity index (χ1) is 17.2. The van der Waals surface area contributed by atoms with Crippen LogP contribution in [0.4, 0.5) is 10.2 Å². The van der Waals surface area contributed by atoms with Gasteiger partial charge < -0.3 is 14.9 Å². The van der Waals surface area contributed by atoms with Gasteiger partial charge in [-0.1, -0.05) is 19.1 Å². The molecular weight excluding hydrogens is 487 g/mol. The first-order valence-corrected chi connectivity index (χ1v) is 13.8. The van der Waals surface area contributed by atoms with Gasteiger partial charge >= 0.3 is 0 Å². The van der Waals surface area contributed by atoms with Crippen LogP contribution in [0.25, 0.3) is 11.1 Å². The fraction of sp³-hybridized carbons (Fsp3) is 0.440. The number of rotatable bonds is 10. The number of furan rings is 1. The topological polar surface area (TPSA) is 119 Å². The third-order valence-electron chi connectivity index (χ3n) is 6.29. The third-order valence-corrected chi connectivity index (χ3v) is 7.45. The zero-order valence-electron chi connectivity index (χ0n) is 20.5. The number of carbonyl (C=O) groups is 1. The van der Waals surface area contributed by atoms with Crippen LogP contribution in [-0.4, -0.2) is 69.9 Å². The van der Waals surface area contributed by atoms with Crippen molar-refractivity contribution in [3.63, 3.8) is 0 Å². The number of halogens is 1. The lowest BCUT2D eigenvalue weighted by Crippen LogP contribution is -2.39. The van der Waals surface area contributed by atoms with Gasteiger partial charge in [-0.15, -0.1) is 0 Å². The number of aromatic nitrogens is 1. The molecule has 1 fully saturated rings. The van der Waals surface area contributed by atoms with Crippen molar-refractivity contribution < 1.29 is 26.8 Å². The molecule has 9 nitrogen and oxygen atoms in total. The van der Waals surface area contributed by atoms with Gasteiger partial charge in [0.1, 0.15) is 17.4 Å². The lowest BCUT2D eigenvalue weighted by molar-refractivity contribution is 0.0377. The molecule has 194 valence electrons. The van der Waals surface area contributed by atoms with Crippen molar-refractivity contribution in [1.82, 2.24) is 9.88 Å². The number of nitrogens with two attached hydrogens (primary N) is 1. The van der Waals surface area contributed by atoms with E-state index in [1.165, 1.54) is 16.4 Å². The Bertz CT molecular complexity index is 1330. The van der Waals surface area contributed by atoms with Crippen LogP contribution in [0.15, 0.2) is 34.7 Å². The minimum atomic E-state index is -3.64. The molecule has 4 rings (SSSR count). The summed E-state index contributed by atoms with van der Waals surface area (Å²) in [6.45, 7) is 5.89. The minimum absolute atomic E-state index is 0.134. The Kier molecular flexibility index (Phi) is 7.91. The number of nitrogens with zero attached hydrogens (tertiary/aromatic N) is 3. The number of anilines is 1. The molecule has 36 heavy (non-hydrogen) atoms. The van der Waals surface area contributed by atoms with Crippen LogP contribution in [0, 0.1) is 5.82 Å². The summed E-state index contributed by atoms with van der Waals surface area (Å²) < 4.78 is 51.5. The van der Waals surface area contributed by atoms with Crippen LogP contribution < -0.4 is 10.0 Å². The molecule has 3 aromatic rings. The Morgan fingerprint density at radius 1 is 1.22 bits per heavy atom. The van der Waals surface area contributed by atoms with Crippen LogP contribution in [0.3, 0.4) is 0 Å². The molecule has 0 bridgehead atoms. The van der Waals surface area contributed by atoms with Gasteiger partial charge in [-0.25, -0.2) is 12.8 Å². The van der Waals surface area contributed by atoms with Crippen LogP contribution >= 0.6 is 0 Å². The third kappa shape index (κ3) is 5.85. The molecule has 2 N–H and O–H groups in total. The van der Waals surface area contributed by atoms with Gasteiger partial charge in [0.15, 0.2) is 0 Å². The van der Waals surface area contributed by atoms with Crippen LogP contribution in [0.5, 0.6) is 0 Å². The highest BCUT2D eigenvalue weighted by atomic mass is 32.2. The van der Waals surface area contributed by atoms with E-state index in [1.807, 2.05) is 6.92 Å². The number of morpholine rings is 1. The van der Waals surface area contributed by atoms with Crippen molar-refractivity contribution >= 4 is 32.8 Å². The molecule has 1 aliphatic heterocycles.